The minimum atomic E-state index is -1.13. The average molecular weight is 245 g/mol. The van der Waals surface area contributed by atoms with E-state index in [1.54, 1.807) is 6.92 Å². The van der Waals surface area contributed by atoms with Crippen LogP contribution in [0.2, 0.25) is 0 Å². The van der Waals surface area contributed by atoms with Crippen molar-refractivity contribution in [3.8, 4) is 0 Å². The fraction of sp³-hybridized carbons (Fsp3) is 0.800. The summed E-state index contributed by atoms with van der Waals surface area (Å²) in [5.74, 6) is 0.781. The summed E-state index contributed by atoms with van der Waals surface area (Å²) in [5, 5.41) is 22.1. The molecule has 0 aromatic carbocycles. The second-order valence-electron chi connectivity index (χ2n) is 5.18. The van der Waals surface area contributed by atoms with Crippen molar-refractivity contribution < 1.29 is 10.2 Å². The van der Waals surface area contributed by atoms with E-state index in [-0.39, 0.29) is 18.6 Å². The van der Waals surface area contributed by atoms with Gasteiger partial charge in [-0.3, -0.25) is 0 Å². The summed E-state index contributed by atoms with van der Waals surface area (Å²) in [6, 6.07) is 0. The standard InChI is InChI=1S/C10H19N3O2S/c1-9(2,3)7-12-8(16-13-7)11-5-10(4,15)6-14/h14-15H,5-6H2,1-4H3,(H,11,12,13). The molecule has 1 heterocycles. The monoisotopic (exact) mass is 245 g/mol. The highest BCUT2D eigenvalue weighted by Gasteiger charge is 2.22. The number of nitrogens with one attached hydrogen (secondary N) is 1. The van der Waals surface area contributed by atoms with Crippen molar-refractivity contribution in [3.05, 3.63) is 5.82 Å². The van der Waals surface area contributed by atoms with Crippen LogP contribution >= 0.6 is 11.5 Å². The summed E-state index contributed by atoms with van der Waals surface area (Å²) in [7, 11) is 0. The summed E-state index contributed by atoms with van der Waals surface area (Å²) in [6.07, 6.45) is 0. The van der Waals surface area contributed by atoms with E-state index in [9.17, 15) is 5.11 Å². The molecule has 1 unspecified atom stereocenters. The van der Waals surface area contributed by atoms with Gasteiger partial charge < -0.3 is 15.5 Å². The Balaban J connectivity index is 2.60. The molecule has 5 nitrogen and oxygen atoms in total. The molecule has 0 amide bonds. The normalized spacial score (nSPS) is 15.9. The van der Waals surface area contributed by atoms with Crippen LogP contribution in [0.3, 0.4) is 0 Å². The Morgan fingerprint density at radius 3 is 2.38 bits per heavy atom. The molecule has 92 valence electrons. The molecular formula is C10H19N3O2S. The zero-order valence-electron chi connectivity index (χ0n) is 10.1. The highest BCUT2D eigenvalue weighted by molar-refractivity contribution is 7.09. The van der Waals surface area contributed by atoms with Crippen LogP contribution in [0, 0.1) is 0 Å². The lowest BCUT2D eigenvalue weighted by molar-refractivity contribution is 0.0132. The molecule has 6 heteroatoms. The Bertz CT molecular complexity index is 344. The minimum Gasteiger partial charge on any atom is -0.393 e. The zero-order valence-corrected chi connectivity index (χ0v) is 10.9. The molecule has 0 radical (unpaired) electrons. The summed E-state index contributed by atoms with van der Waals surface area (Å²) < 4.78 is 4.24. The van der Waals surface area contributed by atoms with E-state index in [0.29, 0.717) is 5.13 Å². The predicted molar refractivity (Wildman–Crippen MR) is 64.8 cm³/mol. The highest BCUT2D eigenvalue weighted by Crippen LogP contribution is 2.23. The molecule has 3 N–H and O–H groups in total. The number of anilines is 1. The third kappa shape index (κ3) is 3.70. The van der Waals surface area contributed by atoms with Crippen LogP contribution in [-0.2, 0) is 5.41 Å². The second kappa shape index (κ2) is 4.65. The van der Waals surface area contributed by atoms with Gasteiger partial charge in [0.25, 0.3) is 0 Å². The van der Waals surface area contributed by atoms with Gasteiger partial charge in [-0.2, -0.15) is 4.37 Å². The number of rotatable bonds is 4. The fourth-order valence-electron chi connectivity index (χ4n) is 0.922. The maximum atomic E-state index is 9.60. The van der Waals surface area contributed by atoms with Crippen molar-refractivity contribution in [2.45, 2.75) is 38.7 Å². The Morgan fingerprint density at radius 1 is 1.31 bits per heavy atom. The molecule has 1 atom stereocenters. The van der Waals surface area contributed by atoms with Gasteiger partial charge in [-0.15, -0.1) is 0 Å². The van der Waals surface area contributed by atoms with Crippen molar-refractivity contribution in [1.29, 1.82) is 0 Å². The smallest absolute Gasteiger partial charge is 0.202 e. The van der Waals surface area contributed by atoms with Crippen LogP contribution in [0.15, 0.2) is 0 Å². The lowest BCUT2D eigenvalue weighted by Crippen LogP contribution is -2.37. The molecule has 0 saturated heterocycles. The highest BCUT2D eigenvalue weighted by atomic mass is 32.1. The molecule has 0 aliphatic carbocycles. The molecule has 16 heavy (non-hydrogen) atoms. The fourth-order valence-corrected chi connectivity index (χ4v) is 1.67. The van der Waals surface area contributed by atoms with Crippen molar-refractivity contribution >= 4 is 16.7 Å². The van der Waals surface area contributed by atoms with E-state index in [1.165, 1.54) is 11.5 Å². The number of aliphatic hydroxyl groups is 2. The van der Waals surface area contributed by atoms with E-state index < -0.39 is 5.60 Å². The molecule has 0 saturated carbocycles. The van der Waals surface area contributed by atoms with Gasteiger partial charge in [0.15, 0.2) is 0 Å². The summed E-state index contributed by atoms with van der Waals surface area (Å²) >= 11 is 1.26. The van der Waals surface area contributed by atoms with E-state index in [4.69, 9.17) is 5.11 Å². The Morgan fingerprint density at radius 2 is 1.94 bits per heavy atom. The molecule has 0 aliphatic heterocycles. The van der Waals surface area contributed by atoms with E-state index in [1.807, 2.05) is 20.8 Å². The van der Waals surface area contributed by atoms with Crippen LogP contribution in [0.4, 0.5) is 5.13 Å². The first-order chi connectivity index (χ1) is 7.24. The Kier molecular flexibility index (Phi) is 3.88. The summed E-state index contributed by atoms with van der Waals surface area (Å²) in [4.78, 5) is 4.32. The van der Waals surface area contributed by atoms with Crippen molar-refractivity contribution in [2.75, 3.05) is 18.5 Å². The molecule has 1 aromatic heterocycles. The largest absolute Gasteiger partial charge is 0.393 e. The second-order valence-corrected chi connectivity index (χ2v) is 5.93. The number of hydrogen-bond acceptors (Lipinski definition) is 6. The molecule has 0 fully saturated rings. The Hall–Kier alpha value is -0.720. The first kappa shape index (κ1) is 13.3. The zero-order chi connectivity index (χ0) is 12.4. The Labute approximate surface area is 99.7 Å². The summed E-state index contributed by atoms with van der Waals surface area (Å²) in [6.45, 7) is 7.66. The van der Waals surface area contributed by atoms with Gasteiger partial charge in [0.1, 0.15) is 11.4 Å². The summed E-state index contributed by atoms with van der Waals surface area (Å²) in [5.41, 5.74) is -1.20. The SMILES string of the molecule is CC(O)(CO)CNc1nc(C(C)(C)C)ns1. The van der Waals surface area contributed by atoms with Crippen LogP contribution in [0.25, 0.3) is 0 Å². The van der Waals surface area contributed by atoms with E-state index >= 15 is 0 Å². The quantitative estimate of drug-likeness (QED) is 0.737. The van der Waals surface area contributed by atoms with Crippen molar-refractivity contribution in [1.82, 2.24) is 9.36 Å². The molecule has 0 spiro atoms. The molecule has 1 aromatic rings. The van der Waals surface area contributed by atoms with Gasteiger partial charge in [0, 0.05) is 23.5 Å². The predicted octanol–water partition coefficient (Wildman–Crippen LogP) is 0.991. The molecular weight excluding hydrogens is 226 g/mol. The van der Waals surface area contributed by atoms with E-state index in [0.717, 1.165) is 5.82 Å². The lowest BCUT2D eigenvalue weighted by Gasteiger charge is -2.20. The van der Waals surface area contributed by atoms with Gasteiger partial charge in [-0.25, -0.2) is 4.98 Å². The van der Waals surface area contributed by atoms with Gasteiger partial charge in [0.05, 0.1) is 6.61 Å². The van der Waals surface area contributed by atoms with E-state index in [2.05, 4.69) is 14.7 Å². The van der Waals surface area contributed by atoms with Gasteiger partial charge in [0.2, 0.25) is 5.13 Å². The minimum absolute atomic E-state index is 0.0735. The van der Waals surface area contributed by atoms with Crippen molar-refractivity contribution in [2.24, 2.45) is 0 Å². The number of hydrogen-bond donors (Lipinski definition) is 3. The first-order valence-corrected chi connectivity index (χ1v) is 5.93. The van der Waals surface area contributed by atoms with Crippen molar-refractivity contribution in [3.63, 3.8) is 0 Å². The first-order valence-electron chi connectivity index (χ1n) is 5.16. The topological polar surface area (TPSA) is 78.3 Å². The van der Waals surface area contributed by atoms with Gasteiger partial charge >= 0.3 is 0 Å². The van der Waals surface area contributed by atoms with Crippen LogP contribution in [0.5, 0.6) is 0 Å². The maximum absolute atomic E-state index is 9.60. The third-order valence-electron chi connectivity index (χ3n) is 2.06. The number of aliphatic hydroxyl groups excluding tert-OH is 1. The average Bonchev–Trinajstić information content (AvgIpc) is 2.63. The van der Waals surface area contributed by atoms with Crippen LogP contribution < -0.4 is 5.32 Å². The van der Waals surface area contributed by atoms with Crippen LogP contribution in [0.1, 0.15) is 33.5 Å². The number of nitrogens with zero attached hydrogens (tertiary/aromatic N) is 2. The third-order valence-corrected chi connectivity index (χ3v) is 2.73. The molecule has 1 rings (SSSR count). The molecule has 0 bridgehead atoms. The maximum Gasteiger partial charge on any atom is 0.202 e. The molecule has 0 aliphatic rings. The lowest BCUT2D eigenvalue weighted by atomic mass is 9.96. The van der Waals surface area contributed by atoms with Gasteiger partial charge in [-0.05, 0) is 6.92 Å². The van der Waals surface area contributed by atoms with Gasteiger partial charge in [-0.1, -0.05) is 20.8 Å². The van der Waals surface area contributed by atoms with Crippen LogP contribution in [-0.4, -0.2) is 38.3 Å². The number of aromatic nitrogens is 2.